The number of benzene rings is 3. The van der Waals surface area contributed by atoms with Crippen LogP contribution in [0.4, 0.5) is 5.69 Å². The molecule has 3 aromatic carbocycles. The lowest BCUT2D eigenvalue weighted by Gasteiger charge is -2.18. The summed E-state index contributed by atoms with van der Waals surface area (Å²) in [4.78, 5) is 4.69. The lowest BCUT2D eigenvalue weighted by atomic mass is 9.92. The van der Waals surface area contributed by atoms with Crippen LogP contribution in [0.1, 0.15) is 29.7 Å². The Morgan fingerprint density at radius 1 is 0.920 bits per heavy atom. The van der Waals surface area contributed by atoms with Crippen molar-refractivity contribution >= 4 is 34.0 Å². The van der Waals surface area contributed by atoms with Gasteiger partial charge < -0.3 is 0 Å². The third kappa shape index (κ3) is 2.04. The zero-order chi connectivity index (χ0) is 17.0. The zero-order valence-corrected chi connectivity index (χ0v) is 14.4. The molecule has 0 saturated heterocycles. The number of allylic oxidation sites excluding steroid dienone is 2. The molecule has 120 valence electrons. The Bertz CT molecular complexity index is 1110. The lowest BCUT2D eigenvalue weighted by Crippen LogP contribution is -2.10. The first-order valence-electron chi connectivity index (χ1n) is 8.71. The second kappa shape index (κ2) is 5.25. The van der Waals surface area contributed by atoms with Crippen molar-refractivity contribution in [2.75, 3.05) is 7.05 Å². The van der Waals surface area contributed by atoms with E-state index < -0.39 is 0 Å². The van der Waals surface area contributed by atoms with Crippen molar-refractivity contribution in [1.82, 2.24) is 0 Å². The summed E-state index contributed by atoms with van der Waals surface area (Å²) in [5.74, 6) is 0. The van der Waals surface area contributed by atoms with Crippen molar-refractivity contribution in [2.24, 2.45) is 4.99 Å². The molecule has 2 nitrogen and oxygen atoms in total. The molecule has 0 N–H and O–H groups in total. The average Bonchev–Trinajstić information content (AvgIpc) is 2.92. The summed E-state index contributed by atoms with van der Waals surface area (Å²) in [6, 6.07) is 21.9. The Morgan fingerprint density at radius 3 is 2.56 bits per heavy atom. The summed E-state index contributed by atoms with van der Waals surface area (Å²) in [6.07, 6.45) is 4.31. The second-order valence-corrected chi connectivity index (χ2v) is 6.77. The predicted octanol–water partition coefficient (Wildman–Crippen LogP) is 5.15. The van der Waals surface area contributed by atoms with E-state index in [0.717, 1.165) is 0 Å². The highest BCUT2D eigenvalue weighted by atomic mass is 15.0. The van der Waals surface area contributed by atoms with Gasteiger partial charge in [-0.3, -0.25) is 4.99 Å². The first-order valence-corrected chi connectivity index (χ1v) is 8.71. The van der Waals surface area contributed by atoms with Crippen LogP contribution in [0.3, 0.4) is 0 Å². The molecule has 0 spiro atoms. The van der Waals surface area contributed by atoms with Crippen LogP contribution in [-0.4, -0.2) is 23.5 Å². The van der Waals surface area contributed by atoms with Crippen LogP contribution >= 0.6 is 0 Å². The van der Waals surface area contributed by atoms with Gasteiger partial charge in [0.1, 0.15) is 7.05 Å². The smallest absolute Gasteiger partial charge is 0.214 e. The average molecular weight is 323 g/mol. The van der Waals surface area contributed by atoms with Crippen LogP contribution in [-0.2, 0) is 0 Å². The molecule has 0 bridgehead atoms. The molecule has 25 heavy (non-hydrogen) atoms. The van der Waals surface area contributed by atoms with Gasteiger partial charge in [-0.1, -0.05) is 48.5 Å². The van der Waals surface area contributed by atoms with E-state index >= 15 is 0 Å². The highest BCUT2D eigenvalue weighted by molar-refractivity contribution is 6.26. The molecular weight excluding hydrogens is 304 g/mol. The molecule has 1 atom stereocenters. The van der Waals surface area contributed by atoms with Gasteiger partial charge in [-0.15, -0.1) is 0 Å². The molecule has 0 aliphatic carbocycles. The monoisotopic (exact) mass is 323 g/mol. The fraction of sp³-hybridized carbons (Fsp3) is 0.130. The van der Waals surface area contributed by atoms with E-state index in [1.165, 1.54) is 44.4 Å². The highest BCUT2D eigenvalue weighted by Gasteiger charge is 2.28. The number of rotatable bonds is 1. The van der Waals surface area contributed by atoms with E-state index in [2.05, 4.69) is 85.3 Å². The summed E-state index contributed by atoms with van der Waals surface area (Å²) in [7, 11) is 2.15. The van der Waals surface area contributed by atoms with Crippen molar-refractivity contribution in [1.29, 1.82) is 0 Å². The molecule has 0 radical (unpaired) electrons. The summed E-state index contributed by atoms with van der Waals surface area (Å²) in [5.41, 5.74) is 7.57. The summed E-state index contributed by atoms with van der Waals surface area (Å²) in [5, 5.41) is 2.63. The predicted molar refractivity (Wildman–Crippen MR) is 105 cm³/mol. The number of hydrogen-bond donors (Lipinski definition) is 0. The van der Waals surface area contributed by atoms with Crippen molar-refractivity contribution in [3.8, 4) is 0 Å². The van der Waals surface area contributed by atoms with Crippen LogP contribution < -0.4 is 0 Å². The van der Waals surface area contributed by atoms with Crippen LogP contribution in [0.15, 0.2) is 71.7 Å². The van der Waals surface area contributed by atoms with Gasteiger partial charge in [-0.2, -0.15) is 4.58 Å². The third-order valence-corrected chi connectivity index (χ3v) is 5.33. The van der Waals surface area contributed by atoms with E-state index in [1.807, 2.05) is 6.21 Å². The van der Waals surface area contributed by atoms with E-state index in [1.54, 1.807) is 0 Å². The number of hydrogen-bond acceptors (Lipinski definition) is 1. The minimum Gasteiger partial charge on any atom is -0.285 e. The summed E-state index contributed by atoms with van der Waals surface area (Å²) < 4.78 is 2.29. The molecule has 2 heteroatoms. The fourth-order valence-electron chi connectivity index (χ4n) is 4.03. The first-order chi connectivity index (χ1) is 12.2. The van der Waals surface area contributed by atoms with Crippen molar-refractivity contribution < 1.29 is 4.58 Å². The molecule has 1 unspecified atom stereocenters. The maximum Gasteiger partial charge on any atom is 0.214 e. The molecule has 5 rings (SSSR count). The maximum absolute atomic E-state index is 4.69. The van der Waals surface area contributed by atoms with Gasteiger partial charge in [0.05, 0.1) is 17.0 Å². The number of aliphatic imine (C=N–C) groups is 1. The van der Waals surface area contributed by atoms with Gasteiger partial charge in [0.25, 0.3) is 0 Å². The van der Waals surface area contributed by atoms with Crippen LogP contribution in [0.5, 0.6) is 0 Å². The Kier molecular flexibility index (Phi) is 3.01. The molecule has 0 aromatic heterocycles. The Balaban J connectivity index is 1.74. The topological polar surface area (TPSA) is 15.4 Å². The summed E-state index contributed by atoms with van der Waals surface area (Å²) in [6.45, 7) is 2.15. The number of nitrogens with zero attached hydrogens (tertiary/aromatic N) is 2. The molecule has 3 aromatic rings. The van der Waals surface area contributed by atoms with Crippen molar-refractivity contribution in [3.63, 3.8) is 0 Å². The molecule has 0 saturated carbocycles. The molecule has 2 aliphatic heterocycles. The van der Waals surface area contributed by atoms with E-state index in [9.17, 15) is 0 Å². The van der Waals surface area contributed by atoms with Gasteiger partial charge in [0.2, 0.25) is 11.4 Å². The molecular formula is C23H19N2+. The quantitative estimate of drug-likeness (QED) is 0.551. The van der Waals surface area contributed by atoms with Gasteiger partial charge >= 0.3 is 0 Å². The summed E-state index contributed by atoms with van der Waals surface area (Å²) >= 11 is 0. The van der Waals surface area contributed by atoms with Crippen molar-refractivity contribution in [3.05, 3.63) is 83.4 Å². The highest BCUT2D eigenvalue weighted by Crippen LogP contribution is 2.36. The zero-order valence-electron chi connectivity index (χ0n) is 14.4. The van der Waals surface area contributed by atoms with Gasteiger partial charge in [-0.05, 0) is 29.5 Å². The van der Waals surface area contributed by atoms with Gasteiger partial charge in [0, 0.05) is 23.9 Å². The molecule has 2 aliphatic rings. The molecule has 0 fully saturated rings. The Morgan fingerprint density at radius 2 is 1.68 bits per heavy atom. The first kappa shape index (κ1) is 14.4. The van der Waals surface area contributed by atoms with Crippen LogP contribution in [0.25, 0.3) is 16.3 Å². The Labute approximate surface area is 147 Å². The molecule has 0 amide bonds. The van der Waals surface area contributed by atoms with Crippen molar-refractivity contribution in [2.45, 2.75) is 13.0 Å². The maximum atomic E-state index is 4.69. The van der Waals surface area contributed by atoms with Gasteiger partial charge in [0.15, 0.2) is 0 Å². The lowest BCUT2D eigenvalue weighted by molar-refractivity contribution is -0.399. The minimum atomic E-state index is 0.222. The van der Waals surface area contributed by atoms with Gasteiger partial charge in [-0.25, -0.2) is 0 Å². The van der Waals surface area contributed by atoms with E-state index in [4.69, 9.17) is 4.99 Å². The fourth-order valence-corrected chi connectivity index (χ4v) is 4.03. The van der Waals surface area contributed by atoms with Crippen LogP contribution in [0, 0.1) is 0 Å². The Hall–Kier alpha value is -3.00. The second-order valence-electron chi connectivity index (χ2n) is 6.77. The van der Waals surface area contributed by atoms with Crippen LogP contribution in [0.2, 0.25) is 0 Å². The van der Waals surface area contributed by atoms with E-state index in [-0.39, 0.29) is 6.04 Å². The molecule has 2 heterocycles. The normalized spacial score (nSPS) is 19.8. The third-order valence-electron chi connectivity index (χ3n) is 5.33. The SMILES string of the molecule is CC1N=C/C(=C\C2=[N+](C)c3cccc4cccc2c34)c2ccccc21. The minimum absolute atomic E-state index is 0.222. The largest absolute Gasteiger partial charge is 0.285 e. The standard InChI is InChI=1S/C23H19N2/c1-15-18-9-3-4-10-19(18)17(14-24-15)13-22-20-11-5-7-16-8-6-12-21(23(16)20)25(22)2/h3-15H,1-2H3/q+1/b17-13+. The number of fused-ring (bicyclic) bond motifs is 1. The van der Waals surface area contributed by atoms with E-state index in [0.29, 0.717) is 0 Å².